The average Bonchev–Trinajstić information content (AvgIpc) is 2.24. The second-order valence-electron chi connectivity index (χ2n) is 4.67. The average molecular weight is 229 g/mol. The van der Waals surface area contributed by atoms with Crippen molar-refractivity contribution in [2.24, 2.45) is 11.7 Å². The number of nitrogens with zero attached hydrogens (tertiary/aromatic N) is 1. The lowest BCUT2D eigenvalue weighted by atomic mass is 10.0. The Morgan fingerprint density at radius 2 is 1.75 bits per heavy atom. The van der Waals surface area contributed by atoms with E-state index in [2.05, 4.69) is 24.1 Å². The van der Waals surface area contributed by atoms with Gasteiger partial charge in [0.2, 0.25) is 5.91 Å². The largest absolute Gasteiger partial charge is 0.351 e. The molecular weight excluding hydrogens is 202 g/mol. The second kappa shape index (κ2) is 7.63. The number of likely N-dealkylation sites (N-methyl/N-ethyl adjacent to an activating group) is 1. The first-order chi connectivity index (χ1) is 7.42. The Hall–Kier alpha value is -0.610. The molecule has 0 saturated carbocycles. The van der Waals surface area contributed by atoms with E-state index in [0.717, 1.165) is 19.6 Å². The van der Waals surface area contributed by atoms with Crippen molar-refractivity contribution >= 4 is 5.91 Å². The van der Waals surface area contributed by atoms with Gasteiger partial charge in [-0.2, -0.15) is 0 Å². The standard InChI is InChI=1S/C12H27N3O/c1-6-15(7-2)8-10(5)14-12(16)11(13)9(3)4/h9-11H,6-8,13H2,1-5H3,(H,14,16)/t10?,11-/m0/s1. The molecule has 0 aliphatic heterocycles. The molecular formula is C12H27N3O. The SMILES string of the molecule is CCN(CC)CC(C)NC(=O)[C@@H](N)C(C)C. The van der Waals surface area contributed by atoms with Crippen molar-refractivity contribution in [3.63, 3.8) is 0 Å². The minimum atomic E-state index is -0.404. The van der Waals surface area contributed by atoms with Crippen LogP contribution in [0.5, 0.6) is 0 Å². The van der Waals surface area contributed by atoms with Gasteiger partial charge in [0.05, 0.1) is 6.04 Å². The molecule has 3 N–H and O–H groups in total. The normalized spacial score (nSPS) is 15.2. The Labute approximate surface area is 99.6 Å². The summed E-state index contributed by atoms with van der Waals surface area (Å²) in [7, 11) is 0. The van der Waals surface area contributed by atoms with Crippen molar-refractivity contribution in [2.75, 3.05) is 19.6 Å². The van der Waals surface area contributed by atoms with E-state index in [-0.39, 0.29) is 17.9 Å². The summed E-state index contributed by atoms with van der Waals surface area (Å²) in [5.74, 6) is 0.135. The van der Waals surface area contributed by atoms with Crippen LogP contribution < -0.4 is 11.1 Å². The van der Waals surface area contributed by atoms with Gasteiger partial charge in [-0.15, -0.1) is 0 Å². The number of carbonyl (C=O) groups excluding carboxylic acids is 1. The molecule has 0 rings (SSSR count). The molecule has 4 nitrogen and oxygen atoms in total. The lowest BCUT2D eigenvalue weighted by Crippen LogP contribution is -2.50. The third-order valence-electron chi connectivity index (χ3n) is 2.84. The summed E-state index contributed by atoms with van der Waals surface area (Å²) in [5, 5.41) is 2.95. The highest BCUT2D eigenvalue weighted by molar-refractivity contribution is 5.81. The van der Waals surface area contributed by atoms with E-state index in [1.54, 1.807) is 0 Å². The smallest absolute Gasteiger partial charge is 0.237 e. The molecule has 0 aromatic carbocycles. The summed E-state index contributed by atoms with van der Waals surface area (Å²) < 4.78 is 0. The van der Waals surface area contributed by atoms with Gasteiger partial charge in [0.1, 0.15) is 0 Å². The first-order valence-corrected chi connectivity index (χ1v) is 6.20. The maximum Gasteiger partial charge on any atom is 0.237 e. The molecule has 0 saturated heterocycles. The van der Waals surface area contributed by atoms with Crippen LogP contribution in [0.2, 0.25) is 0 Å². The summed E-state index contributed by atoms with van der Waals surface area (Å²) >= 11 is 0. The molecule has 2 atom stereocenters. The molecule has 0 spiro atoms. The summed E-state index contributed by atoms with van der Waals surface area (Å²) in [6.07, 6.45) is 0. The van der Waals surface area contributed by atoms with Crippen LogP contribution in [-0.2, 0) is 4.79 Å². The van der Waals surface area contributed by atoms with Gasteiger partial charge in [-0.3, -0.25) is 4.79 Å². The van der Waals surface area contributed by atoms with E-state index in [9.17, 15) is 4.79 Å². The highest BCUT2D eigenvalue weighted by Crippen LogP contribution is 1.99. The van der Waals surface area contributed by atoms with Crippen LogP contribution in [0, 0.1) is 5.92 Å². The van der Waals surface area contributed by atoms with Crippen LogP contribution in [0.4, 0.5) is 0 Å². The van der Waals surface area contributed by atoms with E-state index >= 15 is 0 Å². The molecule has 0 aliphatic rings. The Kier molecular flexibility index (Phi) is 7.34. The van der Waals surface area contributed by atoms with Crippen molar-refractivity contribution in [3.05, 3.63) is 0 Å². The predicted molar refractivity (Wildman–Crippen MR) is 68.2 cm³/mol. The van der Waals surface area contributed by atoms with Crippen LogP contribution in [0.25, 0.3) is 0 Å². The maximum absolute atomic E-state index is 11.7. The molecule has 1 unspecified atom stereocenters. The predicted octanol–water partition coefficient (Wildman–Crippen LogP) is 0.816. The molecule has 0 aromatic heterocycles. The first kappa shape index (κ1) is 15.4. The Morgan fingerprint density at radius 3 is 2.12 bits per heavy atom. The first-order valence-electron chi connectivity index (χ1n) is 6.20. The second-order valence-corrected chi connectivity index (χ2v) is 4.67. The van der Waals surface area contributed by atoms with Gasteiger partial charge in [-0.25, -0.2) is 0 Å². The van der Waals surface area contributed by atoms with Crippen LogP contribution in [-0.4, -0.2) is 42.5 Å². The zero-order valence-corrected chi connectivity index (χ0v) is 11.3. The summed E-state index contributed by atoms with van der Waals surface area (Å²) in [6.45, 7) is 13.1. The Bertz CT molecular complexity index is 202. The number of carbonyl (C=O) groups is 1. The molecule has 1 amide bonds. The zero-order valence-electron chi connectivity index (χ0n) is 11.3. The van der Waals surface area contributed by atoms with E-state index < -0.39 is 6.04 Å². The van der Waals surface area contributed by atoms with Crippen molar-refractivity contribution in [2.45, 2.75) is 46.7 Å². The molecule has 0 heterocycles. The minimum Gasteiger partial charge on any atom is -0.351 e. The van der Waals surface area contributed by atoms with Gasteiger partial charge in [0.15, 0.2) is 0 Å². The Morgan fingerprint density at radius 1 is 1.25 bits per heavy atom. The van der Waals surface area contributed by atoms with Gasteiger partial charge < -0.3 is 16.0 Å². The van der Waals surface area contributed by atoms with E-state index in [1.807, 2.05) is 20.8 Å². The van der Waals surface area contributed by atoms with Crippen molar-refractivity contribution < 1.29 is 4.79 Å². The van der Waals surface area contributed by atoms with Crippen LogP contribution in [0.15, 0.2) is 0 Å². The molecule has 16 heavy (non-hydrogen) atoms. The molecule has 0 bridgehead atoms. The van der Waals surface area contributed by atoms with Gasteiger partial charge in [-0.1, -0.05) is 27.7 Å². The third kappa shape index (κ3) is 5.47. The lowest BCUT2D eigenvalue weighted by molar-refractivity contribution is -0.123. The number of amides is 1. The van der Waals surface area contributed by atoms with Crippen LogP contribution in [0.3, 0.4) is 0 Å². The van der Waals surface area contributed by atoms with Crippen LogP contribution >= 0.6 is 0 Å². The molecule has 4 heteroatoms. The molecule has 0 radical (unpaired) electrons. The van der Waals surface area contributed by atoms with Gasteiger partial charge >= 0.3 is 0 Å². The van der Waals surface area contributed by atoms with Crippen molar-refractivity contribution in [1.29, 1.82) is 0 Å². The van der Waals surface area contributed by atoms with Crippen molar-refractivity contribution in [1.82, 2.24) is 10.2 Å². The summed E-state index contributed by atoms with van der Waals surface area (Å²) in [6, 6.07) is -0.253. The van der Waals surface area contributed by atoms with E-state index in [1.165, 1.54) is 0 Å². The number of hydrogen-bond acceptors (Lipinski definition) is 3. The number of hydrogen-bond donors (Lipinski definition) is 2. The molecule has 0 fully saturated rings. The topological polar surface area (TPSA) is 58.4 Å². The zero-order chi connectivity index (χ0) is 12.7. The van der Waals surface area contributed by atoms with Gasteiger partial charge in [0, 0.05) is 12.6 Å². The maximum atomic E-state index is 11.7. The fourth-order valence-electron chi connectivity index (χ4n) is 1.56. The number of rotatable bonds is 7. The third-order valence-corrected chi connectivity index (χ3v) is 2.84. The highest BCUT2D eigenvalue weighted by atomic mass is 16.2. The fraction of sp³-hybridized carbons (Fsp3) is 0.917. The quantitative estimate of drug-likeness (QED) is 0.679. The summed E-state index contributed by atoms with van der Waals surface area (Å²) in [4.78, 5) is 14.0. The number of nitrogens with two attached hydrogens (primary N) is 1. The monoisotopic (exact) mass is 229 g/mol. The number of nitrogens with one attached hydrogen (secondary N) is 1. The minimum absolute atomic E-state index is 0.0466. The van der Waals surface area contributed by atoms with E-state index in [4.69, 9.17) is 5.73 Å². The van der Waals surface area contributed by atoms with Crippen molar-refractivity contribution in [3.8, 4) is 0 Å². The molecule has 0 aliphatic carbocycles. The summed E-state index contributed by atoms with van der Waals surface area (Å²) in [5.41, 5.74) is 5.78. The molecule has 0 aromatic rings. The Balaban J connectivity index is 4.04. The van der Waals surface area contributed by atoms with Gasteiger partial charge in [-0.05, 0) is 25.9 Å². The lowest BCUT2D eigenvalue weighted by Gasteiger charge is -2.25. The molecule has 96 valence electrons. The fourth-order valence-corrected chi connectivity index (χ4v) is 1.56. The van der Waals surface area contributed by atoms with E-state index in [0.29, 0.717) is 0 Å². The van der Waals surface area contributed by atoms with Crippen LogP contribution in [0.1, 0.15) is 34.6 Å². The van der Waals surface area contributed by atoms with Gasteiger partial charge in [0.25, 0.3) is 0 Å². The highest BCUT2D eigenvalue weighted by Gasteiger charge is 2.19.